The average molecular weight is 265 g/mol. The average Bonchev–Trinajstić information content (AvgIpc) is 3.10. The van der Waals surface area contributed by atoms with Crippen LogP contribution in [0.15, 0.2) is 11.4 Å². The number of likely N-dealkylation sites (tertiary alicyclic amines) is 1. The lowest BCUT2D eigenvalue weighted by atomic mass is 9.84. The summed E-state index contributed by atoms with van der Waals surface area (Å²) in [5, 5.41) is 13.1. The first-order valence-electron chi connectivity index (χ1n) is 7.21. The maximum Gasteiger partial charge on any atom is 0.0984 e. The van der Waals surface area contributed by atoms with E-state index in [0.29, 0.717) is 0 Å². The zero-order chi connectivity index (χ0) is 12.6. The topological polar surface area (TPSA) is 23.5 Å². The number of thiophene rings is 1. The summed E-state index contributed by atoms with van der Waals surface area (Å²) in [6, 6.07) is 2.13. The molecule has 18 heavy (non-hydrogen) atoms. The van der Waals surface area contributed by atoms with Crippen LogP contribution < -0.4 is 0 Å². The summed E-state index contributed by atoms with van der Waals surface area (Å²) in [5.41, 5.74) is 1.22. The molecule has 0 spiro atoms. The lowest BCUT2D eigenvalue weighted by molar-refractivity contribution is -0.0196. The minimum Gasteiger partial charge on any atom is -0.386 e. The molecule has 1 saturated carbocycles. The molecular formula is C15H23NOS. The predicted octanol–water partition coefficient (Wildman–Crippen LogP) is 3.50. The van der Waals surface area contributed by atoms with Crippen LogP contribution in [0.3, 0.4) is 0 Å². The highest BCUT2D eigenvalue weighted by Crippen LogP contribution is 2.46. The fraction of sp³-hybridized carbons (Fsp3) is 0.733. The van der Waals surface area contributed by atoms with Crippen LogP contribution in [-0.4, -0.2) is 28.6 Å². The molecule has 3 rings (SSSR count). The molecule has 2 heterocycles. The van der Waals surface area contributed by atoms with Gasteiger partial charge in [-0.05, 0) is 62.7 Å². The first-order chi connectivity index (χ1) is 8.74. The van der Waals surface area contributed by atoms with Gasteiger partial charge in [0.1, 0.15) is 0 Å². The summed E-state index contributed by atoms with van der Waals surface area (Å²) in [5.74, 6) is 0. The molecule has 100 valence electrons. The van der Waals surface area contributed by atoms with E-state index < -0.39 is 0 Å². The van der Waals surface area contributed by atoms with Crippen molar-refractivity contribution in [3.63, 3.8) is 0 Å². The summed E-state index contributed by atoms with van der Waals surface area (Å²) >= 11 is 1.75. The standard InChI is InChI=1S/C15H23NOS/c1-12-13(6-11-18-12)14(17)15(7-2-3-8-15)16-9-4-5-10-16/h6,11,14,17H,2-5,7-10H2,1H3. The number of aryl methyl sites for hydroxylation is 1. The van der Waals surface area contributed by atoms with E-state index in [1.165, 1.54) is 62.1 Å². The van der Waals surface area contributed by atoms with Crippen molar-refractivity contribution in [2.75, 3.05) is 13.1 Å². The van der Waals surface area contributed by atoms with Crippen LogP contribution in [0.4, 0.5) is 0 Å². The van der Waals surface area contributed by atoms with Crippen molar-refractivity contribution in [3.05, 3.63) is 21.9 Å². The number of rotatable bonds is 3. The van der Waals surface area contributed by atoms with Crippen LogP contribution >= 0.6 is 11.3 Å². The Morgan fingerprint density at radius 3 is 2.44 bits per heavy atom. The Hall–Kier alpha value is -0.380. The molecule has 2 nitrogen and oxygen atoms in total. The van der Waals surface area contributed by atoms with Gasteiger partial charge in [-0.1, -0.05) is 12.8 Å². The van der Waals surface area contributed by atoms with E-state index in [-0.39, 0.29) is 11.6 Å². The number of hydrogen-bond acceptors (Lipinski definition) is 3. The fourth-order valence-corrected chi connectivity index (χ4v) is 4.61. The summed E-state index contributed by atoms with van der Waals surface area (Å²) in [6.45, 7) is 4.50. The van der Waals surface area contributed by atoms with Gasteiger partial charge < -0.3 is 5.11 Å². The molecule has 1 atom stereocenters. The molecule has 0 amide bonds. The van der Waals surface area contributed by atoms with Gasteiger partial charge in [0.2, 0.25) is 0 Å². The van der Waals surface area contributed by atoms with Gasteiger partial charge in [-0.3, -0.25) is 4.90 Å². The van der Waals surface area contributed by atoms with Gasteiger partial charge in [0.05, 0.1) is 11.6 Å². The summed E-state index contributed by atoms with van der Waals surface area (Å²) in [7, 11) is 0. The third-order valence-corrected chi connectivity index (χ3v) is 5.77. The Morgan fingerprint density at radius 2 is 1.89 bits per heavy atom. The summed E-state index contributed by atoms with van der Waals surface area (Å²) < 4.78 is 0. The van der Waals surface area contributed by atoms with Crippen molar-refractivity contribution in [1.29, 1.82) is 0 Å². The van der Waals surface area contributed by atoms with E-state index in [1.54, 1.807) is 11.3 Å². The smallest absolute Gasteiger partial charge is 0.0984 e. The molecule has 1 N–H and O–H groups in total. The monoisotopic (exact) mass is 265 g/mol. The molecule has 2 aliphatic rings. The molecule has 1 aromatic rings. The normalized spacial score (nSPS) is 25.7. The van der Waals surface area contributed by atoms with Crippen molar-refractivity contribution >= 4 is 11.3 Å². The Bertz CT molecular complexity index is 402. The molecule has 1 aliphatic heterocycles. The molecule has 1 aliphatic carbocycles. The van der Waals surface area contributed by atoms with Crippen LogP contribution in [0.25, 0.3) is 0 Å². The minimum absolute atomic E-state index is 0.0440. The highest BCUT2D eigenvalue weighted by Gasteiger charge is 2.47. The second-order valence-electron chi connectivity index (χ2n) is 5.84. The van der Waals surface area contributed by atoms with Crippen LogP contribution in [0.5, 0.6) is 0 Å². The van der Waals surface area contributed by atoms with E-state index in [9.17, 15) is 5.11 Å². The van der Waals surface area contributed by atoms with E-state index in [4.69, 9.17) is 0 Å². The van der Waals surface area contributed by atoms with Crippen molar-refractivity contribution in [2.24, 2.45) is 0 Å². The minimum atomic E-state index is -0.288. The van der Waals surface area contributed by atoms with E-state index >= 15 is 0 Å². The van der Waals surface area contributed by atoms with Gasteiger partial charge in [-0.25, -0.2) is 0 Å². The van der Waals surface area contributed by atoms with Crippen LogP contribution in [-0.2, 0) is 0 Å². The number of hydrogen-bond donors (Lipinski definition) is 1. The highest BCUT2D eigenvalue weighted by atomic mass is 32.1. The molecule has 1 saturated heterocycles. The predicted molar refractivity (Wildman–Crippen MR) is 76.0 cm³/mol. The first-order valence-corrected chi connectivity index (χ1v) is 8.09. The van der Waals surface area contributed by atoms with Gasteiger partial charge in [0, 0.05) is 4.88 Å². The Kier molecular flexibility index (Phi) is 3.48. The van der Waals surface area contributed by atoms with Gasteiger partial charge in [0.25, 0.3) is 0 Å². The van der Waals surface area contributed by atoms with Crippen molar-refractivity contribution in [2.45, 2.75) is 57.1 Å². The molecule has 0 radical (unpaired) electrons. The summed E-state index contributed by atoms with van der Waals surface area (Å²) in [6.07, 6.45) is 7.21. The zero-order valence-electron chi connectivity index (χ0n) is 11.2. The molecule has 1 aromatic heterocycles. The molecule has 2 fully saturated rings. The maximum absolute atomic E-state index is 11.0. The third-order valence-electron chi connectivity index (χ3n) is 4.91. The SMILES string of the molecule is Cc1sccc1C(O)C1(N2CCCC2)CCCC1. The second kappa shape index (κ2) is 4.95. The van der Waals surface area contributed by atoms with Crippen molar-refractivity contribution in [1.82, 2.24) is 4.90 Å². The van der Waals surface area contributed by atoms with Gasteiger partial charge in [-0.2, -0.15) is 0 Å². The van der Waals surface area contributed by atoms with Gasteiger partial charge in [0.15, 0.2) is 0 Å². The van der Waals surface area contributed by atoms with Crippen LogP contribution in [0, 0.1) is 6.92 Å². The largest absolute Gasteiger partial charge is 0.386 e. The first kappa shape index (κ1) is 12.6. The number of nitrogens with zero attached hydrogens (tertiary/aromatic N) is 1. The molecule has 0 bridgehead atoms. The Labute approximate surface area is 114 Å². The second-order valence-corrected chi connectivity index (χ2v) is 6.96. The highest BCUT2D eigenvalue weighted by molar-refractivity contribution is 7.10. The lowest BCUT2D eigenvalue weighted by Crippen LogP contribution is -2.49. The van der Waals surface area contributed by atoms with Crippen molar-refractivity contribution in [3.8, 4) is 0 Å². The lowest BCUT2D eigenvalue weighted by Gasteiger charge is -2.42. The maximum atomic E-state index is 11.0. The van der Waals surface area contributed by atoms with E-state index in [2.05, 4.69) is 23.3 Å². The van der Waals surface area contributed by atoms with Crippen LogP contribution in [0.1, 0.15) is 55.1 Å². The van der Waals surface area contributed by atoms with Crippen molar-refractivity contribution < 1.29 is 5.11 Å². The van der Waals surface area contributed by atoms with Gasteiger partial charge in [-0.15, -0.1) is 11.3 Å². The number of aliphatic hydroxyl groups excluding tert-OH is 1. The Balaban J connectivity index is 1.91. The zero-order valence-corrected chi connectivity index (χ0v) is 12.0. The molecule has 1 unspecified atom stereocenters. The van der Waals surface area contributed by atoms with Crippen LogP contribution in [0.2, 0.25) is 0 Å². The fourth-order valence-electron chi connectivity index (χ4n) is 3.88. The molecule has 0 aromatic carbocycles. The summed E-state index contributed by atoms with van der Waals surface area (Å²) in [4.78, 5) is 3.87. The van der Waals surface area contributed by atoms with E-state index in [0.717, 1.165) is 0 Å². The molecular weight excluding hydrogens is 242 g/mol. The Morgan fingerprint density at radius 1 is 1.22 bits per heavy atom. The van der Waals surface area contributed by atoms with Gasteiger partial charge >= 0.3 is 0 Å². The quantitative estimate of drug-likeness (QED) is 0.904. The van der Waals surface area contributed by atoms with E-state index in [1.807, 2.05) is 0 Å². The third kappa shape index (κ3) is 1.93. The molecule has 3 heteroatoms. The number of aliphatic hydroxyl groups is 1.